The van der Waals surface area contributed by atoms with Crippen LogP contribution in [0.1, 0.15) is 17.3 Å². The molecule has 1 amide bonds. The maximum atomic E-state index is 12.5. The zero-order valence-corrected chi connectivity index (χ0v) is 18.5. The van der Waals surface area contributed by atoms with Crippen molar-refractivity contribution < 1.29 is 28.2 Å². The fourth-order valence-corrected chi connectivity index (χ4v) is 3.24. The summed E-state index contributed by atoms with van der Waals surface area (Å²) in [7, 11) is 1.53. The number of amides is 1. The molecule has 1 heterocycles. The van der Waals surface area contributed by atoms with E-state index in [-0.39, 0.29) is 23.7 Å². The van der Waals surface area contributed by atoms with Gasteiger partial charge in [-0.2, -0.15) is 0 Å². The topological polar surface area (TPSA) is 104 Å². The number of anilines is 1. The minimum absolute atomic E-state index is 0.178. The van der Waals surface area contributed by atoms with Crippen LogP contribution in [0.3, 0.4) is 0 Å². The third kappa shape index (κ3) is 5.07. The lowest BCUT2D eigenvalue weighted by molar-refractivity contribution is 0.102. The Morgan fingerprint density at radius 3 is 2.29 bits per heavy atom. The summed E-state index contributed by atoms with van der Waals surface area (Å²) >= 11 is 0. The summed E-state index contributed by atoms with van der Waals surface area (Å²) in [5.41, 5.74) is 1.91. The van der Waals surface area contributed by atoms with Gasteiger partial charge in [0.25, 0.3) is 5.91 Å². The van der Waals surface area contributed by atoms with Crippen molar-refractivity contribution in [1.82, 2.24) is 0 Å². The average molecular weight is 459 g/mol. The van der Waals surface area contributed by atoms with Gasteiger partial charge in [0.15, 0.2) is 5.43 Å². The zero-order valence-electron chi connectivity index (χ0n) is 18.5. The average Bonchev–Trinajstić information content (AvgIpc) is 2.85. The Kier molecular flexibility index (Phi) is 6.59. The van der Waals surface area contributed by atoms with Crippen molar-refractivity contribution in [2.24, 2.45) is 0 Å². The Morgan fingerprint density at radius 2 is 1.62 bits per heavy atom. The molecule has 0 fully saturated rings. The van der Waals surface area contributed by atoms with Gasteiger partial charge in [-0.15, -0.1) is 0 Å². The molecule has 0 aliphatic heterocycles. The van der Waals surface area contributed by atoms with Crippen LogP contribution in [0.25, 0.3) is 22.3 Å². The molecule has 172 valence electrons. The van der Waals surface area contributed by atoms with Crippen LogP contribution in [0.4, 0.5) is 10.5 Å². The highest BCUT2D eigenvalue weighted by Crippen LogP contribution is 2.26. The summed E-state index contributed by atoms with van der Waals surface area (Å²) in [5, 5.41) is 3.23. The van der Waals surface area contributed by atoms with E-state index in [1.807, 2.05) is 0 Å². The van der Waals surface area contributed by atoms with Gasteiger partial charge in [-0.05, 0) is 73.7 Å². The molecule has 34 heavy (non-hydrogen) atoms. The molecular formula is C26H21NO7. The fourth-order valence-electron chi connectivity index (χ4n) is 3.24. The molecule has 0 bridgehead atoms. The highest BCUT2D eigenvalue weighted by molar-refractivity contribution is 6.04. The molecule has 0 radical (unpaired) electrons. The van der Waals surface area contributed by atoms with E-state index in [9.17, 15) is 14.4 Å². The number of nitrogens with one attached hydrogen (secondary N) is 1. The van der Waals surface area contributed by atoms with E-state index < -0.39 is 6.16 Å². The van der Waals surface area contributed by atoms with Gasteiger partial charge in [-0.1, -0.05) is 0 Å². The first-order chi connectivity index (χ1) is 16.5. The molecule has 0 saturated carbocycles. The van der Waals surface area contributed by atoms with Gasteiger partial charge in [-0.3, -0.25) is 9.59 Å². The molecule has 0 saturated heterocycles. The van der Waals surface area contributed by atoms with Crippen LogP contribution in [0, 0.1) is 0 Å². The summed E-state index contributed by atoms with van der Waals surface area (Å²) in [6.45, 7) is 1.89. The normalized spacial score (nSPS) is 10.5. The molecular weight excluding hydrogens is 438 g/mol. The summed E-state index contributed by atoms with van der Waals surface area (Å²) in [6, 6.07) is 19.5. The molecule has 0 spiro atoms. The first-order valence-corrected chi connectivity index (χ1v) is 10.4. The van der Waals surface area contributed by atoms with E-state index in [1.54, 1.807) is 49.4 Å². The Labute approximate surface area is 194 Å². The molecule has 4 rings (SSSR count). The van der Waals surface area contributed by atoms with Crippen LogP contribution in [0.15, 0.2) is 82.0 Å². The largest absolute Gasteiger partial charge is 0.513 e. The number of benzene rings is 3. The lowest BCUT2D eigenvalue weighted by Gasteiger charge is -2.08. The Balaban J connectivity index is 1.46. The number of methoxy groups -OCH3 is 1. The number of hydrogen-bond acceptors (Lipinski definition) is 7. The van der Waals surface area contributed by atoms with Crippen molar-refractivity contribution in [2.75, 3.05) is 19.0 Å². The van der Waals surface area contributed by atoms with Crippen LogP contribution in [-0.4, -0.2) is 25.8 Å². The highest BCUT2D eigenvalue weighted by Gasteiger charge is 2.11. The zero-order chi connectivity index (χ0) is 24.1. The summed E-state index contributed by atoms with van der Waals surface area (Å²) in [4.78, 5) is 36.4. The molecule has 0 aliphatic rings. The van der Waals surface area contributed by atoms with Crippen LogP contribution in [0.2, 0.25) is 0 Å². The first-order valence-electron chi connectivity index (χ1n) is 10.4. The molecule has 8 nitrogen and oxygen atoms in total. The number of ether oxygens (including phenoxy) is 3. The van der Waals surface area contributed by atoms with Crippen molar-refractivity contribution >= 4 is 28.7 Å². The minimum atomic E-state index is -0.804. The van der Waals surface area contributed by atoms with Crippen LogP contribution in [0.5, 0.6) is 11.5 Å². The molecule has 8 heteroatoms. The van der Waals surface area contributed by atoms with E-state index in [2.05, 4.69) is 5.32 Å². The lowest BCUT2D eigenvalue weighted by atomic mass is 10.1. The van der Waals surface area contributed by atoms with Crippen molar-refractivity contribution in [3.05, 3.63) is 88.6 Å². The van der Waals surface area contributed by atoms with Crippen molar-refractivity contribution in [2.45, 2.75) is 6.92 Å². The number of carbonyl (C=O) groups excluding carboxylic acids is 2. The summed E-state index contributed by atoms with van der Waals surface area (Å²) in [6.07, 6.45) is -0.804. The predicted octanol–water partition coefficient (Wildman–Crippen LogP) is 5.26. The quantitative estimate of drug-likeness (QED) is 0.310. The van der Waals surface area contributed by atoms with Gasteiger partial charge in [0, 0.05) is 22.9 Å². The monoisotopic (exact) mass is 459 g/mol. The first kappa shape index (κ1) is 22.6. The number of fused-ring (bicyclic) bond motifs is 1. The summed E-state index contributed by atoms with van der Waals surface area (Å²) in [5.74, 6) is 0.933. The Morgan fingerprint density at radius 1 is 0.912 bits per heavy atom. The van der Waals surface area contributed by atoms with Crippen molar-refractivity contribution in [1.29, 1.82) is 0 Å². The van der Waals surface area contributed by atoms with Crippen LogP contribution < -0.4 is 20.2 Å². The number of rotatable bonds is 6. The fraction of sp³-hybridized carbons (Fsp3) is 0.115. The molecule has 0 atom stereocenters. The van der Waals surface area contributed by atoms with Gasteiger partial charge in [0.05, 0.1) is 19.1 Å². The molecule has 4 aromatic rings. The standard InChI is InChI=1S/C26H21NO7/c1-3-32-26(30)33-19-10-6-17(7-11-19)25(29)27-18-8-4-16(5-9-18)24-15-22(28)21-14-20(31-2)12-13-23(21)34-24/h4-15H,3H2,1-2H3,(H,27,29). The second kappa shape index (κ2) is 9.91. The van der Waals surface area contributed by atoms with E-state index in [4.69, 9.17) is 18.6 Å². The predicted molar refractivity (Wildman–Crippen MR) is 127 cm³/mol. The summed E-state index contributed by atoms with van der Waals surface area (Å²) < 4.78 is 20.7. The van der Waals surface area contributed by atoms with Crippen molar-refractivity contribution in [3.63, 3.8) is 0 Å². The molecule has 1 N–H and O–H groups in total. The number of hydrogen-bond donors (Lipinski definition) is 1. The van der Waals surface area contributed by atoms with E-state index in [0.717, 1.165) is 0 Å². The third-order valence-corrected chi connectivity index (χ3v) is 4.94. The SMILES string of the molecule is CCOC(=O)Oc1ccc(C(=O)Nc2ccc(-c3cc(=O)c4cc(OC)ccc4o3)cc2)cc1. The van der Waals surface area contributed by atoms with Crippen LogP contribution >= 0.6 is 0 Å². The van der Waals surface area contributed by atoms with Gasteiger partial charge in [0.1, 0.15) is 22.8 Å². The van der Waals surface area contributed by atoms with E-state index >= 15 is 0 Å². The molecule has 1 aromatic heterocycles. The second-order valence-electron chi connectivity index (χ2n) is 7.18. The third-order valence-electron chi connectivity index (χ3n) is 4.94. The minimum Gasteiger partial charge on any atom is -0.497 e. The second-order valence-corrected chi connectivity index (χ2v) is 7.18. The maximum Gasteiger partial charge on any atom is 0.513 e. The number of carbonyl (C=O) groups is 2. The maximum absolute atomic E-state index is 12.5. The smallest absolute Gasteiger partial charge is 0.497 e. The van der Waals surface area contributed by atoms with Gasteiger partial charge < -0.3 is 23.9 Å². The van der Waals surface area contributed by atoms with Crippen molar-refractivity contribution in [3.8, 4) is 22.8 Å². The van der Waals surface area contributed by atoms with Crippen LogP contribution in [-0.2, 0) is 4.74 Å². The molecule has 0 unspecified atom stereocenters. The molecule has 0 aliphatic carbocycles. The highest BCUT2D eigenvalue weighted by atomic mass is 16.7. The van der Waals surface area contributed by atoms with E-state index in [1.165, 1.54) is 37.4 Å². The Bertz CT molecular complexity index is 1390. The van der Waals surface area contributed by atoms with E-state index in [0.29, 0.717) is 39.3 Å². The Hall–Kier alpha value is -4.59. The lowest BCUT2D eigenvalue weighted by Crippen LogP contribution is -2.12. The molecule has 3 aromatic carbocycles. The van der Waals surface area contributed by atoms with Gasteiger partial charge >= 0.3 is 6.16 Å². The van der Waals surface area contributed by atoms with Gasteiger partial charge in [0.2, 0.25) is 0 Å². The van der Waals surface area contributed by atoms with Gasteiger partial charge in [-0.25, -0.2) is 4.79 Å².